The highest BCUT2D eigenvalue weighted by Gasteiger charge is 2.38. The molecule has 1 aromatic carbocycles. The normalized spacial score (nSPS) is 12.4. The van der Waals surface area contributed by atoms with Crippen LogP contribution in [0.4, 0.5) is 0 Å². The second-order valence-corrected chi connectivity index (χ2v) is 16.2. The van der Waals surface area contributed by atoms with Crippen LogP contribution in [-0.2, 0) is 41.8 Å². The number of ketones is 4. The van der Waals surface area contributed by atoms with Gasteiger partial charge in [0.15, 0.2) is 23.1 Å². The minimum absolute atomic E-state index is 0.0723. The van der Waals surface area contributed by atoms with Gasteiger partial charge in [-0.15, -0.1) is 0 Å². The van der Waals surface area contributed by atoms with E-state index in [9.17, 15) is 39.0 Å². The van der Waals surface area contributed by atoms with E-state index in [4.69, 9.17) is 27.8 Å². The standard InChI is InChI=1S/C44H58O14/c1-41(2,57-27-29-17-15-21-53-29)35(45)19-11-9-13-23-55-43(5,6)37(47)31-25-34(40(51)52)32(26-33(31)39(49)50)38(48)44(7,8)56-24-14-10-12-20-36(46)42(3,4)58-28-30-18-16-22-54-30/h15-18,21-22,25-26H,9-14,19-20,23-24,27-28H2,1-8H3,(H,49,50)(H,51,52). The number of Topliss-reactive ketones (excluding diaryl/α,β-unsaturated/α-hetero) is 4. The molecule has 3 aromatic rings. The number of furan rings is 2. The zero-order valence-corrected chi connectivity index (χ0v) is 34.9. The van der Waals surface area contributed by atoms with Crippen molar-refractivity contribution >= 4 is 35.1 Å². The third-order valence-corrected chi connectivity index (χ3v) is 9.88. The second kappa shape index (κ2) is 20.8. The van der Waals surface area contributed by atoms with Crippen LogP contribution in [0.3, 0.4) is 0 Å². The van der Waals surface area contributed by atoms with Crippen molar-refractivity contribution in [3.63, 3.8) is 0 Å². The lowest BCUT2D eigenvalue weighted by molar-refractivity contribution is -0.143. The van der Waals surface area contributed by atoms with E-state index in [1.807, 2.05) is 0 Å². The summed E-state index contributed by atoms with van der Waals surface area (Å²) >= 11 is 0. The highest BCUT2D eigenvalue weighted by atomic mass is 16.5. The van der Waals surface area contributed by atoms with Crippen LogP contribution < -0.4 is 0 Å². The number of ether oxygens (including phenoxy) is 4. The Bertz CT molecular complexity index is 1730. The van der Waals surface area contributed by atoms with Gasteiger partial charge in [-0.05, 0) is 117 Å². The number of carbonyl (C=O) groups is 6. The van der Waals surface area contributed by atoms with Crippen LogP contribution in [0.2, 0.25) is 0 Å². The van der Waals surface area contributed by atoms with E-state index in [-0.39, 0.29) is 50.8 Å². The summed E-state index contributed by atoms with van der Waals surface area (Å²) in [7, 11) is 0. The average molecular weight is 811 g/mol. The van der Waals surface area contributed by atoms with E-state index in [2.05, 4.69) is 0 Å². The Morgan fingerprint density at radius 3 is 1.17 bits per heavy atom. The largest absolute Gasteiger partial charge is 0.478 e. The Hall–Kier alpha value is -4.76. The number of carbonyl (C=O) groups excluding carboxylic acids is 4. The minimum Gasteiger partial charge on any atom is -0.478 e. The van der Waals surface area contributed by atoms with Crippen LogP contribution >= 0.6 is 0 Å². The smallest absolute Gasteiger partial charge is 0.336 e. The average Bonchev–Trinajstić information content (AvgIpc) is 3.90. The molecule has 14 heteroatoms. The van der Waals surface area contributed by atoms with Crippen molar-refractivity contribution in [1.82, 2.24) is 0 Å². The molecule has 0 fully saturated rings. The molecule has 0 saturated carbocycles. The van der Waals surface area contributed by atoms with Crippen molar-refractivity contribution in [2.75, 3.05) is 13.2 Å². The van der Waals surface area contributed by atoms with E-state index in [1.54, 1.807) is 52.0 Å². The molecule has 0 spiro atoms. The van der Waals surface area contributed by atoms with Crippen molar-refractivity contribution in [2.45, 2.75) is 142 Å². The van der Waals surface area contributed by atoms with E-state index in [0.717, 1.165) is 12.1 Å². The quantitative estimate of drug-likeness (QED) is 0.0521. The Morgan fingerprint density at radius 1 is 0.500 bits per heavy atom. The van der Waals surface area contributed by atoms with Gasteiger partial charge in [-0.2, -0.15) is 0 Å². The van der Waals surface area contributed by atoms with Gasteiger partial charge in [0.2, 0.25) is 0 Å². The first kappa shape index (κ1) is 47.6. The summed E-state index contributed by atoms with van der Waals surface area (Å²) in [5, 5.41) is 20.2. The summed E-state index contributed by atoms with van der Waals surface area (Å²) in [4.78, 5) is 77.8. The molecular weight excluding hydrogens is 752 g/mol. The molecular formula is C44H58O14. The van der Waals surface area contributed by atoms with Gasteiger partial charge in [0, 0.05) is 37.2 Å². The summed E-state index contributed by atoms with van der Waals surface area (Å²) in [6.07, 6.45) is 6.88. The number of carboxylic acids is 2. The van der Waals surface area contributed by atoms with E-state index < -0.39 is 68.2 Å². The van der Waals surface area contributed by atoms with E-state index in [1.165, 1.54) is 40.2 Å². The van der Waals surface area contributed by atoms with Crippen molar-refractivity contribution in [3.05, 3.63) is 82.7 Å². The van der Waals surface area contributed by atoms with Gasteiger partial charge in [-0.1, -0.05) is 12.8 Å². The molecule has 0 aliphatic carbocycles. The summed E-state index contributed by atoms with van der Waals surface area (Å²) in [6.45, 7) is 13.2. The molecule has 2 heterocycles. The molecule has 0 bridgehead atoms. The molecule has 0 unspecified atom stereocenters. The first-order valence-electron chi connectivity index (χ1n) is 19.5. The highest BCUT2D eigenvalue weighted by molar-refractivity contribution is 6.15. The van der Waals surface area contributed by atoms with E-state index >= 15 is 0 Å². The summed E-state index contributed by atoms with van der Waals surface area (Å²) in [5.41, 5.74) is -7.07. The van der Waals surface area contributed by atoms with Gasteiger partial charge in [0.1, 0.15) is 47.1 Å². The third-order valence-electron chi connectivity index (χ3n) is 9.88. The SMILES string of the molecule is CC(C)(OCc1ccco1)C(=O)CCCCCOC(C)(C)C(=O)c1cc(C(=O)O)c(C(=O)C(C)(C)OCCCCCC(=O)C(C)(C)OCc2ccco2)cc1C(=O)O. The summed E-state index contributed by atoms with van der Waals surface area (Å²) in [6, 6.07) is 8.81. The van der Waals surface area contributed by atoms with Crippen LogP contribution in [0.25, 0.3) is 0 Å². The van der Waals surface area contributed by atoms with Crippen LogP contribution in [0.1, 0.15) is 160 Å². The predicted octanol–water partition coefficient (Wildman–Crippen LogP) is 8.47. The molecule has 2 N–H and O–H groups in total. The molecule has 58 heavy (non-hydrogen) atoms. The number of hydrogen-bond acceptors (Lipinski definition) is 12. The lowest BCUT2D eigenvalue weighted by Crippen LogP contribution is -2.38. The van der Waals surface area contributed by atoms with Crippen LogP contribution in [0.5, 0.6) is 0 Å². The Morgan fingerprint density at radius 2 is 0.862 bits per heavy atom. The minimum atomic E-state index is -1.56. The second-order valence-electron chi connectivity index (χ2n) is 16.2. The van der Waals surface area contributed by atoms with Crippen molar-refractivity contribution < 1.29 is 66.8 Å². The Balaban J connectivity index is 1.55. The van der Waals surface area contributed by atoms with Crippen molar-refractivity contribution in [2.24, 2.45) is 0 Å². The first-order valence-corrected chi connectivity index (χ1v) is 19.5. The third kappa shape index (κ3) is 13.7. The van der Waals surface area contributed by atoms with Gasteiger partial charge < -0.3 is 38.0 Å². The summed E-state index contributed by atoms with van der Waals surface area (Å²) < 4.78 is 33.7. The molecule has 0 amide bonds. The fourth-order valence-electron chi connectivity index (χ4n) is 5.95. The van der Waals surface area contributed by atoms with Crippen LogP contribution in [-0.4, -0.2) is 80.9 Å². The molecule has 14 nitrogen and oxygen atoms in total. The van der Waals surface area contributed by atoms with Crippen LogP contribution in [0, 0.1) is 0 Å². The molecule has 0 saturated heterocycles. The number of rotatable bonds is 28. The molecule has 2 aromatic heterocycles. The molecule has 3 rings (SSSR count). The maximum absolute atomic E-state index is 13.7. The number of carboxylic acid groups (broad SMARTS) is 2. The fourth-order valence-corrected chi connectivity index (χ4v) is 5.95. The first-order chi connectivity index (χ1) is 27.1. The lowest BCUT2D eigenvalue weighted by Gasteiger charge is -2.27. The maximum Gasteiger partial charge on any atom is 0.336 e. The number of aromatic carboxylic acids is 2. The lowest BCUT2D eigenvalue weighted by atomic mass is 9.86. The Kier molecular flexibility index (Phi) is 17.1. The molecule has 0 aliphatic heterocycles. The van der Waals surface area contributed by atoms with Gasteiger partial charge in [0.05, 0.1) is 23.7 Å². The molecule has 0 aliphatic rings. The zero-order valence-electron chi connectivity index (χ0n) is 34.9. The number of benzene rings is 1. The summed E-state index contributed by atoms with van der Waals surface area (Å²) in [5.74, 6) is -3.54. The highest BCUT2D eigenvalue weighted by Crippen LogP contribution is 2.29. The molecule has 318 valence electrons. The van der Waals surface area contributed by atoms with E-state index in [0.29, 0.717) is 50.0 Å². The topological polar surface area (TPSA) is 206 Å². The zero-order chi connectivity index (χ0) is 43.3. The number of hydrogen-bond donors (Lipinski definition) is 2. The maximum atomic E-state index is 13.7. The predicted molar refractivity (Wildman–Crippen MR) is 211 cm³/mol. The van der Waals surface area contributed by atoms with Gasteiger partial charge in [-0.25, -0.2) is 9.59 Å². The number of unbranched alkanes of at least 4 members (excludes halogenated alkanes) is 4. The van der Waals surface area contributed by atoms with Gasteiger partial charge in [-0.3, -0.25) is 19.2 Å². The van der Waals surface area contributed by atoms with Crippen molar-refractivity contribution in [1.29, 1.82) is 0 Å². The van der Waals surface area contributed by atoms with Gasteiger partial charge >= 0.3 is 11.9 Å². The molecule has 0 atom stereocenters. The van der Waals surface area contributed by atoms with Gasteiger partial charge in [0.25, 0.3) is 0 Å². The Labute approximate surface area is 339 Å². The fraction of sp³-hybridized carbons (Fsp3) is 0.545. The monoisotopic (exact) mass is 810 g/mol. The van der Waals surface area contributed by atoms with Crippen molar-refractivity contribution in [3.8, 4) is 0 Å². The van der Waals surface area contributed by atoms with Crippen LogP contribution in [0.15, 0.2) is 57.8 Å². The molecule has 0 radical (unpaired) electrons.